The first-order valence-electron chi connectivity index (χ1n) is 2.31. The molecule has 0 bridgehead atoms. The van der Waals surface area contributed by atoms with Crippen LogP contribution in [0.4, 0.5) is 0 Å². The standard InChI is InChI=1S/C6H7N3/c1-2-3-9-5-6(8)4-7/h2-3,5H,1,8H2/b6-5-,9-3?. The van der Waals surface area contributed by atoms with E-state index in [0.29, 0.717) is 0 Å². The summed E-state index contributed by atoms with van der Waals surface area (Å²) >= 11 is 0. The normalized spacial score (nSPS) is 11.2. The summed E-state index contributed by atoms with van der Waals surface area (Å²) in [5.74, 6) is 0. The van der Waals surface area contributed by atoms with Crippen LogP contribution in [0.15, 0.2) is 29.5 Å². The van der Waals surface area contributed by atoms with Crippen LogP contribution in [0.25, 0.3) is 0 Å². The molecule has 0 aliphatic heterocycles. The van der Waals surface area contributed by atoms with Crippen molar-refractivity contribution in [2.75, 3.05) is 0 Å². The van der Waals surface area contributed by atoms with Gasteiger partial charge in [-0.15, -0.1) is 0 Å². The molecule has 0 aliphatic rings. The van der Waals surface area contributed by atoms with Gasteiger partial charge in [-0.3, -0.25) is 4.99 Å². The second-order valence-electron chi connectivity index (χ2n) is 1.23. The van der Waals surface area contributed by atoms with E-state index >= 15 is 0 Å². The minimum atomic E-state index is 0.0908. The van der Waals surface area contributed by atoms with Gasteiger partial charge in [-0.1, -0.05) is 12.7 Å². The van der Waals surface area contributed by atoms with E-state index in [1.54, 1.807) is 6.07 Å². The van der Waals surface area contributed by atoms with Crippen LogP contribution in [0.3, 0.4) is 0 Å². The molecular weight excluding hydrogens is 114 g/mol. The monoisotopic (exact) mass is 121 g/mol. The van der Waals surface area contributed by atoms with Crippen molar-refractivity contribution in [3.63, 3.8) is 0 Å². The minimum Gasteiger partial charge on any atom is -0.389 e. The molecule has 2 N–H and O–H groups in total. The predicted octanol–water partition coefficient (Wildman–Crippen LogP) is 0.567. The van der Waals surface area contributed by atoms with Gasteiger partial charge in [0.1, 0.15) is 11.8 Å². The molecular formula is C6H7N3. The fourth-order valence-electron chi connectivity index (χ4n) is 0.213. The fourth-order valence-corrected chi connectivity index (χ4v) is 0.213. The summed E-state index contributed by atoms with van der Waals surface area (Å²) in [6.07, 6.45) is 4.22. The van der Waals surface area contributed by atoms with E-state index in [4.69, 9.17) is 11.0 Å². The van der Waals surface area contributed by atoms with E-state index in [1.807, 2.05) is 0 Å². The summed E-state index contributed by atoms with van der Waals surface area (Å²) in [4.78, 5) is 3.61. The van der Waals surface area contributed by atoms with E-state index in [9.17, 15) is 0 Å². The number of aliphatic imine (C=N–C) groups is 1. The number of hydrogen-bond donors (Lipinski definition) is 1. The van der Waals surface area contributed by atoms with Gasteiger partial charge < -0.3 is 5.73 Å². The maximum Gasteiger partial charge on any atom is 0.129 e. The molecule has 0 atom stereocenters. The number of nitriles is 1. The Balaban J connectivity index is 3.86. The highest BCUT2D eigenvalue weighted by Crippen LogP contribution is 1.78. The lowest BCUT2D eigenvalue weighted by atomic mass is 10.5. The van der Waals surface area contributed by atoms with Crippen molar-refractivity contribution < 1.29 is 0 Å². The summed E-state index contributed by atoms with van der Waals surface area (Å²) in [7, 11) is 0. The molecule has 0 heterocycles. The van der Waals surface area contributed by atoms with Gasteiger partial charge in [0.05, 0.1) is 6.20 Å². The zero-order valence-corrected chi connectivity index (χ0v) is 4.91. The third-order valence-electron chi connectivity index (χ3n) is 0.534. The van der Waals surface area contributed by atoms with Gasteiger partial charge >= 0.3 is 0 Å². The van der Waals surface area contributed by atoms with E-state index in [2.05, 4.69) is 11.6 Å². The lowest BCUT2D eigenvalue weighted by Crippen LogP contribution is -1.90. The Labute approximate surface area is 53.8 Å². The number of rotatable bonds is 2. The molecule has 0 saturated heterocycles. The second-order valence-corrected chi connectivity index (χ2v) is 1.23. The predicted molar refractivity (Wildman–Crippen MR) is 36.6 cm³/mol. The Kier molecular flexibility index (Phi) is 3.80. The van der Waals surface area contributed by atoms with Crippen molar-refractivity contribution in [2.24, 2.45) is 10.7 Å². The van der Waals surface area contributed by atoms with Crippen LogP contribution in [-0.2, 0) is 0 Å². The number of allylic oxidation sites excluding steroid dienone is 2. The van der Waals surface area contributed by atoms with Gasteiger partial charge in [0.2, 0.25) is 0 Å². The van der Waals surface area contributed by atoms with Crippen LogP contribution < -0.4 is 5.73 Å². The topological polar surface area (TPSA) is 62.2 Å². The van der Waals surface area contributed by atoms with E-state index in [0.717, 1.165) is 0 Å². The van der Waals surface area contributed by atoms with Crippen molar-refractivity contribution in [1.82, 2.24) is 0 Å². The molecule has 0 rings (SSSR count). The highest BCUT2D eigenvalue weighted by molar-refractivity contribution is 5.70. The number of nitrogens with two attached hydrogens (primary N) is 1. The van der Waals surface area contributed by atoms with Crippen LogP contribution in [-0.4, -0.2) is 6.21 Å². The zero-order chi connectivity index (χ0) is 7.11. The molecule has 3 heteroatoms. The first-order valence-corrected chi connectivity index (χ1v) is 2.31. The Morgan fingerprint density at radius 1 is 1.78 bits per heavy atom. The smallest absolute Gasteiger partial charge is 0.129 e. The van der Waals surface area contributed by atoms with Crippen molar-refractivity contribution in [3.8, 4) is 6.07 Å². The third kappa shape index (κ3) is 4.29. The molecule has 3 nitrogen and oxygen atoms in total. The molecule has 0 unspecified atom stereocenters. The average molecular weight is 121 g/mol. The van der Waals surface area contributed by atoms with Crippen molar-refractivity contribution >= 4 is 6.21 Å². The highest BCUT2D eigenvalue weighted by atomic mass is 14.7. The minimum absolute atomic E-state index is 0.0908. The molecule has 9 heavy (non-hydrogen) atoms. The molecule has 0 saturated carbocycles. The van der Waals surface area contributed by atoms with E-state index in [1.165, 1.54) is 18.5 Å². The average Bonchev–Trinajstić information content (AvgIpc) is 1.89. The van der Waals surface area contributed by atoms with Crippen molar-refractivity contribution in [1.29, 1.82) is 5.26 Å². The number of hydrogen-bond acceptors (Lipinski definition) is 3. The first-order chi connectivity index (χ1) is 4.31. The molecule has 0 radical (unpaired) electrons. The Hall–Kier alpha value is -1.56. The third-order valence-corrected chi connectivity index (χ3v) is 0.534. The molecule has 0 amide bonds. The Morgan fingerprint density at radius 2 is 2.44 bits per heavy atom. The maximum absolute atomic E-state index is 8.09. The van der Waals surface area contributed by atoms with Crippen molar-refractivity contribution in [3.05, 3.63) is 24.6 Å². The number of nitrogens with zero attached hydrogens (tertiary/aromatic N) is 2. The second kappa shape index (κ2) is 4.60. The lowest BCUT2D eigenvalue weighted by Gasteiger charge is -1.77. The molecule has 0 aromatic carbocycles. The van der Waals surface area contributed by atoms with Crippen LogP contribution in [0.5, 0.6) is 0 Å². The molecule has 46 valence electrons. The molecule has 0 aliphatic carbocycles. The van der Waals surface area contributed by atoms with E-state index < -0.39 is 0 Å². The maximum atomic E-state index is 8.09. The van der Waals surface area contributed by atoms with Gasteiger partial charge in [-0.25, -0.2) is 0 Å². The molecule has 0 aromatic rings. The Morgan fingerprint density at radius 3 is 2.89 bits per heavy atom. The van der Waals surface area contributed by atoms with Crippen LogP contribution in [0.2, 0.25) is 0 Å². The summed E-state index contributed by atoms with van der Waals surface area (Å²) in [5.41, 5.74) is 5.16. The van der Waals surface area contributed by atoms with E-state index in [-0.39, 0.29) is 5.70 Å². The molecule has 0 spiro atoms. The lowest BCUT2D eigenvalue weighted by molar-refractivity contribution is 1.35. The summed E-state index contributed by atoms with van der Waals surface area (Å²) in [5, 5.41) is 8.09. The molecule has 0 fully saturated rings. The largest absolute Gasteiger partial charge is 0.389 e. The Bertz CT molecular complexity index is 183. The zero-order valence-electron chi connectivity index (χ0n) is 4.91. The van der Waals surface area contributed by atoms with Gasteiger partial charge in [0.15, 0.2) is 0 Å². The van der Waals surface area contributed by atoms with Gasteiger partial charge in [-0.05, 0) is 0 Å². The SMILES string of the molecule is C=CC=N/C=C(\N)C#N. The first kappa shape index (κ1) is 7.44. The fraction of sp³-hybridized carbons (Fsp3) is 0. The van der Waals surface area contributed by atoms with Gasteiger partial charge in [0.25, 0.3) is 0 Å². The van der Waals surface area contributed by atoms with Crippen molar-refractivity contribution in [2.45, 2.75) is 0 Å². The molecule has 0 aromatic heterocycles. The van der Waals surface area contributed by atoms with Crippen LogP contribution in [0.1, 0.15) is 0 Å². The van der Waals surface area contributed by atoms with Crippen LogP contribution >= 0.6 is 0 Å². The van der Waals surface area contributed by atoms with Gasteiger partial charge in [-0.2, -0.15) is 5.26 Å². The quantitative estimate of drug-likeness (QED) is 0.428. The van der Waals surface area contributed by atoms with Gasteiger partial charge in [0, 0.05) is 6.21 Å². The summed E-state index contributed by atoms with van der Waals surface area (Å²) < 4.78 is 0. The van der Waals surface area contributed by atoms with Crippen LogP contribution in [0, 0.1) is 11.3 Å². The summed E-state index contributed by atoms with van der Waals surface area (Å²) in [6, 6.07) is 1.71. The summed E-state index contributed by atoms with van der Waals surface area (Å²) in [6.45, 7) is 3.38. The highest BCUT2D eigenvalue weighted by Gasteiger charge is 1.76.